The van der Waals surface area contributed by atoms with Crippen molar-refractivity contribution in [1.29, 1.82) is 0 Å². The molecule has 0 fully saturated rings. The Bertz CT molecular complexity index is 892. The van der Waals surface area contributed by atoms with E-state index in [1.807, 2.05) is 36.9 Å². The summed E-state index contributed by atoms with van der Waals surface area (Å²) in [7, 11) is 0. The maximum absolute atomic E-state index is 12.5. The number of anilines is 2. The van der Waals surface area contributed by atoms with E-state index in [1.54, 1.807) is 19.1 Å². The highest BCUT2D eigenvalue weighted by molar-refractivity contribution is 6.02. The third-order valence-electron chi connectivity index (χ3n) is 3.83. The van der Waals surface area contributed by atoms with Gasteiger partial charge in [0.2, 0.25) is 5.95 Å². The number of rotatable bonds is 6. The number of carbonyl (C=O) groups is 1. The normalized spacial score (nSPS) is 10.6. The van der Waals surface area contributed by atoms with Gasteiger partial charge in [0, 0.05) is 24.8 Å². The zero-order valence-electron chi connectivity index (χ0n) is 15.1. The largest absolute Gasteiger partial charge is 0.360 e. The van der Waals surface area contributed by atoms with Gasteiger partial charge in [0.05, 0.1) is 0 Å². The van der Waals surface area contributed by atoms with Crippen molar-refractivity contribution < 1.29 is 9.32 Å². The minimum absolute atomic E-state index is 0.291. The van der Waals surface area contributed by atoms with Crippen molar-refractivity contribution in [2.45, 2.75) is 27.3 Å². The molecular weight excluding hydrogens is 330 g/mol. The molecule has 0 spiro atoms. The van der Waals surface area contributed by atoms with Crippen LogP contribution < -0.4 is 10.2 Å². The molecule has 134 valence electrons. The zero-order valence-corrected chi connectivity index (χ0v) is 15.1. The molecule has 0 aliphatic carbocycles. The SMILES string of the molecule is CCN(Cc1ccccc1)c1nc(C)cc(C(=O)Nc2cc(C)on2)n1. The molecule has 7 nitrogen and oxygen atoms in total. The first-order chi connectivity index (χ1) is 12.5. The summed E-state index contributed by atoms with van der Waals surface area (Å²) in [4.78, 5) is 23.5. The molecule has 3 aromatic rings. The Balaban J connectivity index is 1.82. The number of nitrogens with one attached hydrogen (secondary N) is 1. The summed E-state index contributed by atoms with van der Waals surface area (Å²) >= 11 is 0. The summed E-state index contributed by atoms with van der Waals surface area (Å²) in [6.45, 7) is 7.04. The number of hydrogen-bond acceptors (Lipinski definition) is 6. The smallest absolute Gasteiger partial charge is 0.275 e. The molecule has 3 rings (SSSR count). The Kier molecular flexibility index (Phi) is 5.26. The first-order valence-corrected chi connectivity index (χ1v) is 8.44. The molecule has 2 heterocycles. The van der Waals surface area contributed by atoms with E-state index in [9.17, 15) is 4.79 Å². The van der Waals surface area contributed by atoms with Gasteiger partial charge in [0.25, 0.3) is 5.91 Å². The lowest BCUT2D eigenvalue weighted by Crippen LogP contribution is -2.26. The fourth-order valence-electron chi connectivity index (χ4n) is 2.54. The lowest BCUT2D eigenvalue weighted by Gasteiger charge is -2.21. The third-order valence-corrected chi connectivity index (χ3v) is 3.83. The van der Waals surface area contributed by atoms with Crippen molar-refractivity contribution in [3.63, 3.8) is 0 Å². The topological polar surface area (TPSA) is 84.2 Å². The van der Waals surface area contributed by atoms with Gasteiger partial charge in [-0.1, -0.05) is 35.5 Å². The Labute approximate surface area is 152 Å². The second kappa shape index (κ2) is 7.77. The fraction of sp³-hybridized carbons (Fsp3) is 0.263. The van der Waals surface area contributed by atoms with Crippen LogP contribution in [0.3, 0.4) is 0 Å². The fourth-order valence-corrected chi connectivity index (χ4v) is 2.54. The van der Waals surface area contributed by atoms with E-state index in [0.29, 0.717) is 29.8 Å². The number of hydrogen-bond donors (Lipinski definition) is 1. The number of aromatic nitrogens is 3. The molecule has 26 heavy (non-hydrogen) atoms. The van der Waals surface area contributed by atoms with Gasteiger partial charge >= 0.3 is 0 Å². The van der Waals surface area contributed by atoms with E-state index in [0.717, 1.165) is 17.8 Å². The van der Waals surface area contributed by atoms with Crippen LogP contribution in [-0.2, 0) is 6.54 Å². The van der Waals surface area contributed by atoms with Crippen LogP contribution in [0, 0.1) is 13.8 Å². The van der Waals surface area contributed by atoms with Crippen molar-refractivity contribution in [3.8, 4) is 0 Å². The lowest BCUT2D eigenvalue weighted by molar-refractivity contribution is 0.102. The van der Waals surface area contributed by atoms with Crippen LogP contribution in [0.1, 0.15) is 34.4 Å². The van der Waals surface area contributed by atoms with Crippen molar-refractivity contribution in [1.82, 2.24) is 15.1 Å². The second-order valence-corrected chi connectivity index (χ2v) is 5.97. The Morgan fingerprint density at radius 1 is 1.15 bits per heavy atom. The van der Waals surface area contributed by atoms with Gasteiger partial charge in [0.15, 0.2) is 5.82 Å². The quantitative estimate of drug-likeness (QED) is 0.733. The average Bonchev–Trinajstić information content (AvgIpc) is 3.04. The molecule has 0 atom stereocenters. The van der Waals surface area contributed by atoms with Crippen molar-refractivity contribution in [2.75, 3.05) is 16.8 Å². The lowest BCUT2D eigenvalue weighted by atomic mass is 10.2. The molecule has 0 radical (unpaired) electrons. The van der Waals surface area contributed by atoms with Crippen LogP contribution in [0.15, 0.2) is 47.0 Å². The highest BCUT2D eigenvalue weighted by Gasteiger charge is 2.16. The average molecular weight is 351 g/mol. The molecule has 2 aromatic heterocycles. The van der Waals surface area contributed by atoms with Gasteiger partial charge in [0.1, 0.15) is 11.5 Å². The van der Waals surface area contributed by atoms with Crippen molar-refractivity contribution in [3.05, 3.63) is 65.2 Å². The predicted molar refractivity (Wildman–Crippen MR) is 99.1 cm³/mol. The molecular formula is C19H21N5O2. The maximum Gasteiger partial charge on any atom is 0.275 e. The van der Waals surface area contributed by atoms with Crippen LogP contribution in [0.25, 0.3) is 0 Å². The van der Waals surface area contributed by atoms with Gasteiger partial charge in [-0.15, -0.1) is 0 Å². The van der Waals surface area contributed by atoms with Gasteiger partial charge < -0.3 is 14.7 Å². The van der Waals surface area contributed by atoms with Crippen LogP contribution in [0.5, 0.6) is 0 Å². The molecule has 1 aromatic carbocycles. The van der Waals surface area contributed by atoms with Crippen molar-refractivity contribution >= 4 is 17.7 Å². The number of amides is 1. The van der Waals surface area contributed by atoms with Crippen molar-refractivity contribution in [2.24, 2.45) is 0 Å². The Morgan fingerprint density at radius 2 is 1.92 bits per heavy atom. The molecule has 0 saturated heterocycles. The predicted octanol–water partition coefficient (Wildman–Crippen LogP) is 3.36. The van der Waals surface area contributed by atoms with E-state index in [4.69, 9.17) is 4.52 Å². The molecule has 7 heteroatoms. The Morgan fingerprint density at radius 3 is 2.58 bits per heavy atom. The third kappa shape index (κ3) is 4.24. The van der Waals surface area contributed by atoms with E-state index < -0.39 is 0 Å². The summed E-state index contributed by atoms with van der Waals surface area (Å²) in [6.07, 6.45) is 0. The summed E-state index contributed by atoms with van der Waals surface area (Å²) in [5, 5.41) is 6.46. The second-order valence-electron chi connectivity index (χ2n) is 5.97. The van der Waals surface area contributed by atoms with E-state index in [-0.39, 0.29) is 5.91 Å². The molecule has 0 aliphatic heterocycles. The van der Waals surface area contributed by atoms with E-state index in [1.165, 1.54) is 0 Å². The number of nitrogens with zero attached hydrogens (tertiary/aromatic N) is 4. The van der Waals surface area contributed by atoms with Gasteiger partial charge in [-0.25, -0.2) is 9.97 Å². The first-order valence-electron chi connectivity index (χ1n) is 8.44. The van der Waals surface area contributed by atoms with E-state index in [2.05, 4.69) is 32.6 Å². The van der Waals surface area contributed by atoms with Gasteiger partial charge in [-0.3, -0.25) is 4.79 Å². The van der Waals surface area contributed by atoms with Crippen LogP contribution >= 0.6 is 0 Å². The zero-order chi connectivity index (χ0) is 18.5. The highest BCUT2D eigenvalue weighted by Crippen LogP contribution is 2.15. The van der Waals surface area contributed by atoms with Crippen LogP contribution in [0.2, 0.25) is 0 Å². The number of benzene rings is 1. The summed E-state index contributed by atoms with van der Waals surface area (Å²) in [5.74, 6) is 1.17. The van der Waals surface area contributed by atoms with E-state index >= 15 is 0 Å². The Hall–Kier alpha value is -3.22. The van der Waals surface area contributed by atoms with Crippen LogP contribution in [0.4, 0.5) is 11.8 Å². The maximum atomic E-state index is 12.5. The molecule has 1 amide bonds. The van der Waals surface area contributed by atoms with Crippen LogP contribution in [-0.4, -0.2) is 27.6 Å². The molecule has 0 bridgehead atoms. The monoisotopic (exact) mass is 351 g/mol. The molecule has 1 N–H and O–H groups in total. The standard InChI is InChI=1S/C19H21N5O2/c1-4-24(12-15-8-6-5-7-9-15)19-20-13(2)10-16(21-19)18(25)22-17-11-14(3)26-23-17/h5-11H,4,12H2,1-3H3,(H,22,23,25). The summed E-state index contributed by atoms with van der Waals surface area (Å²) in [6, 6.07) is 13.4. The summed E-state index contributed by atoms with van der Waals surface area (Å²) < 4.78 is 4.97. The molecule has 0 unspecified atom stereocenters. The molecule has 0 aliphatic rings. The summed E-state index contributed by atoms with van der Waals surface area (Å²) in [5.41, 5.74) is 2.17. The minimum atomic E-state index is -0.346. The van der Waals surface area contributed by atoms with Gasteiger partial charge in [-0.2, -0.15) is 0 Å². The number of aryl methyl sites for hydroxylation is 2. The number of carbonyl (C=O) groups excluding carboxylic acids is 1. The first kappa shape index (κ1) is 17.6. The minimum Gasteiger partial charge on any atom is -0.360 e. The highest BCUT2D eigenvalue weighted by atomic mass is 16.5. The van der Waals surface area contributed by atoms with Gasteiger partial charge in [-0.05, 0) is 32.4 Å². The molecule has 0 saturated carbocycles.